The van der Waals surface area contributed by atoms with Gasteiger partial charge in [-0.05, 0) is 36.7 Å². The Bertz CT molecular complexity index is 670. The van der Waals surface area contributed by atoms with E-state index in [1.54, 1.807) is 0 Å². The molecule has 0 saturated heterocycles. The van der Waals surface area contributed by atoms with Crippen LogP contribution in [0.1, 0.15) is 36.3 Å². The van der Waals surface area contributed by atoms with Gasteiger partial charge in [0.25, 0.3) is 0 Å². The van der Waals surface area contributed by atoms with Crippen molar-refractivity contribution in [1.29, 1.82) is 0 Å². The molecule has 1 amide bonds. The number of carbonyl (C=O) groups excluding carboxylic acids is 1. The molecule has 1 N–H and O–H groups in total. The van der Waals surface area contributed by atoms with Gasteiger partial charge in [-0.1, -0.05) is 48.1 Å². The summed E-state index contributed by atoms with van der Waals surface area (Å²) in [6.07, 6.45) is 5.61. The lowest BCUT2D eigenvalue weighted by Crippen LogP contribution is -2.27. The Kier molecular flexibility index (Phi) is 3.66. The average Bonchev–Trinajstić information content (AvgIpc) is 3.25. The van der Waals surface area contributed by atoms with E-state index in [2.05, 4.69) is 27.6 Å². The van der Waals surface area contributed by atoms with Gasteiger partial charge < -0.3 is 5.32 Å². The van der Waals surface area contributed by atoms with Gasteiger partial charge in [-0.3, -0.25) is 4.79 Å². The van der Waals surface area contributed by atoms with Crippen LogP contribution in [0.15, 0.2) is 30.3 Å². The van der Waals surface area contributed by atoms with Crippen LogP contribution >= 0.6 is 11.3 Å². The molecular weight excluding hydrogens is 294 g/mol. The number of rotatable bonds is 4. The maximum atomic E-state index is 12.4. The summed E-state index contributed by atoms with van der Waals surface area (Å²) in [5, 5.41) is 12.9. The molecule has 2 bridgehead atoms. The van der Waals surface area contributed by atoms with Gasteiger partial charge >= 0.3 is 0 Å². The second-order valence-corrected chi connectivity index (χ2v) is 7.50. The summed E-state index contributed by atoms with van der Waals surface area (Å²) >= 11 is 1.48. The number of hydrogen-bond acceptors (Lipinski definition) is 4. The highest BCUT2D eigenvalue weighted by atomic mass is 32.1. The van der Waals surface area contributed by atoms with Gasteiger partial charge in [0, 0.05) is 12.3 Å². The van der Waals surface area contributed by atoms with Crippen molar-refractivity contribution in [1.82, 2.24) is 10.2 Å². The van der Waals surface area contributed by atoms with Crippen molar-refractivity contribution in [2.24, 2.45) is 17.8 Å². The van der Waals surface area contributed by atoms with Crippen LogP contribution in [0.25, 0.3) is 0 Å². The number of benzene rings is 1. The summed E-state index contributed by atoms with van der Waals surface area (Å²) in [6.45, 7) is 0. The number of anilines is 1. The molecule has 3 atom stereocenters. The van der Waals surface area contributed by atoms with Gasteiger partial charge in [0.15, 0.2) is 0 Å². The predicted molar refractivity (Wildman–Crippen MR) is 86.7 cm³/mol. The summed E-state index contributed by atoms with van der Waals surface area (Å²) in [5.41, 5.74) is 1.21. The maximum Gasteiger partial charge on any atom is 0.229 e. The Balaban J connectivity index is 1.38. The SMILES string of the molecule is O=C(Nc1nnc(Cc2ccccc2)s1)C1CC2CCC1C2. The van der Waals surface area contributed by atoms with Crippen LogP contribution in [-0.4, -0.2) is 16.1 Å². The molecule has 114 valence electrons. The van der Waals surface area contributed by atoms with E-state index in [4.69, 9.17) is 0 Å². The lowest BCUT2D eigenvalue weighted by molar-refractivity contribution is -0.121. The van der Waals surface area contributed by atoms with Gasteiger partial charge in [-0.15, -0.1) is 10.2 Å². The zero-order chi connectivity index (χ0) is 14.9. The minimum absolute atomic E-state index is 0.148. The molecule has 0 aliphatic heterocycles. The fourth-order valence-electron chi connectivity index (χ4n) is 3.91. The van der Waals surface area contributed by atoms with Crippen molar-refractivity contribution in [3.05, 3.63) is 40.9 Å². The molecule has 2 aliphatic rings. The Morgan fingerprint density at radius 2 is 2.05 bits per heavy atom. The van der Waals surface area contributed by atoms with Crippen LogP contribution in [0, 0.1) is 17.8 Å². The van der Waals surface area contributed by atoms with Crippen LogP contribution in [0.5, 0.6) is 0 Å². The smallest absolute Gasteiger partial charge is 0.229 e. The predicted octanol–water partition coefficient (Wildman–Crippen LogP) is 3.50. The summed E-state index contributed by atoms with van der Waals surface area (Å²) < 4.78 is 0. The number of nitrogens with zero attached hydrogens (tertiary/aromatic N) is 2. The first kappa shape index (κ1) is 13.9. The van der Waals surface area contributed by atoms with Crippen molar-refractivity contribution in [3.63, 3.8) is 0 Å². The largest absolute Gasteiger partial charge is 0.300 e. The van der Waals surface area contributed by atoms with E-state index < -0.39 is 0 Å². The molecule has 22 heavy (non-hydrogen) atoms. The van der Waals surface area contributed by atoms with E-state index in [9.17, 15) is 4.79 Å². The molecule has 2 fully saturated rings. The van der Waals surface area contributed by atoms with Crippen molar-refractivity contribution in [3.8, 4) is 0 Å². The lowest BCUT2D eigenvalue weighted by Gasteiger charge is -2.19. The van der Waals surface area contributed by atoms with Crippen LogP contribution in [0.2, 0.25) is 0 Å². The number of hydrogen-bond donors (Lipinski definition) is 1. The highest BCUT2D eigenvalue weighted by molar-refractivity contribution is 7.15. The highest BCUT2D eigenvalue weighted by Gasteiger charge is 2.43. The molecule has 2 aliphatic carbocycles. The first-order chi connectivity index (χ1) is 10.8. The first-order valence-corrected chi connectivity index (χ1v) is 8.77. The molecule has 0 radical (unpaired) electrons. The van der Waals surface area contributed by atoms with Crippen molar-refractivity contribution >= 4 is 22.4 Å². The van der Waals surface area contributed by atoms with Gasteiger partial charge in [0.05, 0.1) is 0 Å². The topological polar surface area (TPSA) is 54.9 Å². The number of fused-ring (bicyclic) bond motifs is 2. The monoisotopic (exact) mass is 313 g/mol. The standard InChI is InChI=1S/C17H19N3OS/c21-16(14-9-12-6-7-13(14)8-12)18-17-20-19-15(22-17)10-11-4-2-1-3-5-11/h1-5,12-14H,6-10H2,(H,18,20,21). The Labute approximate surface area is 134 Å². The average molecular weight is 313 g/mol. The second kappa shape index (κ2) is 5.80. The third kappa shape index (κ3) is 2.77. The van der Waals surface area contributed by atoms with Crippen molar-refractivity contribution in [2.75, 3.05) is 5.32 Å². The fourth-order valence-corrected chi connectivity index (χ4v) is 4.69. The summed E-state index contributed by atoms with van der Waals surface area (Å²) in [7, 11) is 0. The Morgan fingerprint density at radius 3 is 2.77 bits per heavy atom. The van der Waals surface area contributed by atoms with E-state index in [1.165, 1.54) is 36.2 Å². The molecule has 2 saturated carbocycles. The molecular formula is C17H19N3OS. The third-order valence-corrected chi connectivity index (χ3v) is 5.81. The van der Waals surface area contributed by atoms with E-state index in [1.807, 2.05) is 18.2 Å². The minimum Gasteiger partial charge on any atom is -0.300 e. The lowest BCUT2D eigenvalue weighted by atomic mass is 9.88. The zero-order valence-corrected chi connectivity index (χ0v) is 13.2. The molecule has 1 aromatic carbocycles. The summed E-state index contributed by atoms with van der Waals surface area (Å²) in [5.74, 6) is 1.72. The fraction of sp³-hybridized carbons (Fsp3) is 0.471. The molecule has 4 nitrogen and oxygen atoms in total. The molecule has 4 rings (SSSR count). The number of aromatic nitrogens is 2. The van der Waals surface area contributed by atoms with E-state index in [0.717, 1.165) is 23.8 Å². The molecule has 3 unspecified atom stereocenters. The van der Waals surface area contributed by atoms with Crippen molar-refractivity contribution in [2.45, 2.75) is 32.1 Å². The molecule has 2 aromatic rings. The number of nitrogens with one attached hydrogen (secondary N) is 1. The first-order valence-electron chi connectivity index (χ1n) is 7.95. The van der Waals surface area contributed by atoms with Crippen LogP contribution in [-0.2, 0) is 11.2 Å². The minimum atomic E-state index is 0.148. The highest BCUT2D eigenvalue weighted by Crippen LogP contribution is 2.48. The van der Waals surface area contributed by atoms with Crippen LogP contribution in [0.4, 0.5) is 5.13 Å². The van der Waals surface area contributed by atoms with Gasteiger partial charge in [0.2, 0.25) is 11.0 Å². The summed E-state index contributed by atoms with van der Waals surface area (Å²) in [6, 6.07) is 10.2. The van der Waals surface area contributed by atoms with E-state index in [-0.39, 0.29) is 11.8 Å². The van der Waals surface area contributed by atoms with Gasteiger partial charge in [-0.2, -0.15) is 0 Å². The van der Waals surface area contributed by atoms with Gasteiger partial charge in [0.1, 0.15) is 5.01 Å². The molecule has 0 spiro atoms. The summed E-state index contributed by atoms with van der Waals surface area (Å²) in [4.78, 5) is 12.4. The number of amides is 1. The van der Waals surface area contributed by atoms with E-state index in [0.29, 0.717) is 11.0 Å². The van der Waals surface area contributed by atoms with Crippen molar-refractivity contribution < 1.29 is 4.79 Å². The third-order valence-electron chi connectivity index (χ3n) is 4.97. The molecule has 1 aromatic heterocycles. The Morgan fingerprint density at radius 1 is 1.18 bits per heavy atom. The van der Waals surface area contributed by atoms with Crippen LogP contribution in [0.3, 0.4) is 0 Å². The second-order valence-electron chi connectivity index (χ2n) is 6.43. The quantitative estimate of drug-likeness (QED) is 0.940. The van der Waals surface area contributed by atoms with Gasteiger partial charge in [-0.25, -0.2) is 0 Å². The number of carbonyl (C=O) groups is 1. The molecule has 5 heteroatoms. The Hall–Kier alpha value is -1.75. The maximum absolute atomic E-state index is 12.4. The normalized spacial score (nSPS) is 26.3. The molecule has 1 heterocycles. The zero-order valence-electron chi connectivity index (χ0n) is 12.4. The van der Waals surface area contributed by atoms with Crippen LogP contribution < -0.4 is 5.32 Å². The van der Waals surface area contributed by atoms with E-state index >= 15 is 0 Å².